The average molecular weight is 462 g/mol. The van der Waals surface area contributed by atoms with Gasteiger partial charge in [-0.2, -0.15) is 0 Å². The van der Waals surface area contributed by atoms with Crippen LogP contribution in [-0.2, 0) is 16.1 Å². The first-order valence-electron chi connectivity index (χ1n) is 11.2. The van der Waals surface area contributed by atoms with Crippen molar-refractivity contribution < 1.29 is 23.5 Å². The number of nitrogens with one attached hydrogen (secondary N) is 1. The normalized spacial score (nSPS) is 14.9. The number of esters is 1. The molecule has 2 aromatic carbocycles. The lowest BCUT2D eigenvalue weighted by Gasteiger charge is -2.35. The Labute approximate surface area is 198 Å². The van der Waals surface area contributed by atoms with Crippen LogP contribution >= 0.6 is 0 Å². The number of furan rings is 1. The molecule has 1 N–H and O–H groups in total. The summed E-state index contributed by atoms with van der Waals surface area (Å²) in [5.41, 5.74) is 2.05. The average Bonchev–Trinajstić information content (AvgIpc) is 3.40. The van der Waals surface area contributed by atoms with Gasteiger partial charge in [0.1, 0.15) is 0 Å². The zero-order valence-corrected chi connectivity index (χ0v) is 19.0. The smallest absolute Gasteiger partial charge is 0.338 e. The molecule has 34 heavy (non-hydrogen) atoms. The van der Waals surface area contributed by atoms with Crippen molar-refractivity contribution in [3.05, 3.63) is 89.9 Å². The summed E-state index contributed by atoms with van der Waals surface area (Å²) in [6.45, 7) is 5.17. The van der Waals surface area contributed by atoms with Gasteiger partial charge in [0.2, 0.25) is 0 Å². The largest absolute Gasteiger partial charge is 0.459 e. The number of carbonyl (C=O) groups excluding carboxylic acids is 3. The molecule has 0 radical (unpaired) electrons. The number of rotatable bonds is 7. The van der Waals surface area contributed by atoms with Crippen LogP contribution in [0.3, 0.4) is 0 Å². The maximum atomic E-state index is 12.8. The SMILES string of the molecule is CC(OC(=O)c1ccc(NC(=O)c2ccco2)cc1)C(=O)N1CCN(Cc2ccccc2)CC1. The molecule has 2 heterocycles. The molecule has 8 nitrogen and oxygen atoms in total. The third kappa shape index (κ3) is 5.90. The number of piperazine rings is 1. The van der Waals surface area contributed by atoms with Crippen molar-refractivity contribution in [2.75, 3.05) is 31.5 Å². The highest BCUT2D eigenvalue weighted by Gasteiger charge is 2.27. The minimum Gasteiger partial charge on any atom is -0.459 e. The minimum atomic E-state index is -0.883. The topological polar surface area (TPSA) is 92.1 Å². The van der Waals surface area contributed by atoms with Crippen molar-refractivity contribution in [1.29, 1.82) is 0 Å². The van der Waals surface area contributed by atoms with Crippen LogP contribution in [0.1, 0.15) is 33.4 Å². The molecule has 1 saturated heterocycles. The van der Waals surface area contributed by atoms with Crippen LogP contribution in [-0.4, -0.2) is 59.9 Å². The van der Waals surface area contributed by atoms with Gasteiger partial charge >= 0.3 is 5.97 Å². The highest BCUT2D eigenvalue weighted by molar-refractivity contribution is 6.02. The Bertz CT molecular complexity index is 1110. The fraction of sp³-hybridized carbons (Fsp3) is 0.269. The van der Waals surface area contributed by atoms with Crippen molar-refractivity contribution in [3.8, 4) is 0 Å². The van der Waals surface area contributed by atoms with E-state index in [1.54, 1.807) is 48.2 Å². The molecule has 0 aliphatic carbocycles. The lowest BCUT2D eigenvalue weighted by Crippen LogP contribution is -2.51. The second-order valence-electron chi connectivity index (χ2n) is 8.14. The first kappa shape index (κ1) is 23.3. The molecule has 1 aliphatic rings. The Balaban J connectivity index is 1.24. The summed E-state index contributed by atoms with van der Waals surface area (Å²) in [5.74, 6) is -0.984. The Morgan fingerprint density at radius 1 is 0.941 bits per heavy atom. The van der Waals surface area contributed by atoms with E-state index < -0.39 is 12.1 Å². The van der Waals surface area contributed by atoms with Gasteiger partial charge in [-0.15, -0.1) is 0 Å². The van der Waals surface area contributed by atoms with E-state index in [-0.39, 0.29) is 17.6 Å². The molecule has 1 atom stereocenters. The van der Waals surface area contributed by atoms with Gasteiger partial charge in [-0.25, -0.2) is 4.79 Å². The van der Waals surface area contributed by atoms with Gasteiger partial charge in [-0.05, 0) is 48.9 Å². The van der Waals surface area contributed by atoms with Gasteiger partial charge < -0.3 is 19.4 Å². The highest BCUT2D eigenvalue weighted by atomic mass is 16.5. The maximum absolute atomic E-state index is 12.8. The second-order valence-corrected chi connectivity index (χ2v) is 8.14. The number of hydrogen-bond acceptors (Lipinski definition) is 6. The Kier molecular flexibility index (Phi) is 7.39. The number of benzene rings is 2. The molecule has 1 unspecified atom stereocenters. The number of nitrogens with zero attached hydrogens (tertiary/aromatic N) is 2. The van der Waals surface area contributed by atoms with Crippen LogP contribution in [0.2, 0.25) is 0 Å². The second kappa shape index (κ2) is 10.8. The third-order valence-corrected chi connectivity index (χ3v) is 5.69. The van der Waals surface area contributed by atoms with Crippen LogP contribution in [0.4, 0.5) is 5.69 Å². The number of amides is 2. The Hall–Kier alpha value is -3.91. The predicted molar refractivity (Wildman–Crippen MR) is 126 cm³/mol. The van der Waals surface area contributed by atoms with Gasteiger partial charge in [0.25, 0.3) is 11.8 Å². The summed E-state index contributed by atoms with van der Waals surface area (Å²) >= 11 is 0. The number of anilines is 1. The van der Waals surface area contributed by atoms with E-state index in [9.17, 15) is 14.4 Å². The van der Waals surface area contributed by atoms with E-state index in [1.807, 2.05) is 18.2 Å². The van der Waals surface area contributed by atoms with Crippen LogP contribution in [0.25, 0.3) is 0 Å². The standard InChI is InChI=1S/C26H27N3O5/c1-19(25(31)29-15-13-28(14-16-29)18-20-6-3-2-4-7-20)34-26(32)21-9-11-22(12-10-21)27-24(30)23-8-5-17-33-23/h2-12,17,19H,13-16,18H2,1H3,(H,27,30). The highest BCUT2D eigenvalue weighted by Crippen LogP contribution is 2.15. The molecule has 1 aliphatic heterocycles. The monoisotopic (exact) mass is 461 g/mol. The summed E-state index contributed by atoms with van der Waals surface area (Å²) in [7, 11) is 0. The fourth-order valence-corrected chi connectivity index (χ4v) is 3.79. The quantitative estimate of drug-likeness (QED) is 0.542. The van der Waals surface area contributed by atoms with Crippen molar-refractivity contribution in [2.45, 2.75) is 19.6 Å². The van der Waals surface area contributed by atoms with Gasteiger partial charge in [0.05, 0.1) is 11.8 Å². The lowest BCUT2D eigenvalue weighted by atomic mass is 10.2. The molecule has 4 rings (SSSR count). The van der Waals surface area contributed by atoms with Crippen molar-refractivity contribution >= 4 is 23.5 Å². The minimum absolute atomic E-state index is 0.191. The van der Waals surface area contributed by atoms with E-state index >= 15 is 0 Å². The zero-order valence-electron chi connectivity index (χ0n) is 19.0. The summed E-state index contributed by atoms with van der Waals surface area (Å²) in [5, 5.41) is 2.68. The van der Waals surface area contributed by atoms with E-state index in [4.69, 9.17) is 9.15 Å². The third-order valence-electron chi connectivity index (χ3n) is 5.69. The molecular weight excluding hydrogens is 434 g/mol. The summed E-state index contributed by atoms with van der Waals surface area (Å²) in [4.78, 5) is 41.4. The molecule has 2 amide bonds. The van der Waals surface area contributed by atoms with E-state index in [2.05, 4.69) is 22.3 Å². The Morgan fingerprint density at radius 2 is 1.65 bits per heavy atom. The van der Waals surface area contributed by atoms with Crippen LogP contribution in [0.15, 0.2) is 77.4 Å². The van der Waals surface area contributed by atoms with Gasteiger partial charge in [-0.1, -0.05) is 30.3 Å². The summed E-state index contributed by atoms with van der Waals surface area (Å²) < 4.78 is 10.5. The number of carbonyl (C=O) groups is 3. The molecule has 1 aromatic heterocycles. The first-order valence-corrected chi connectivity index (χ1v) is 11.2. The van der Waals surface area contributed by atoms with Gasteiger partial charge in [0.15, 0.2) is 11.9 Å². The lowest BCUT2D eigenvalue weighted by molar-refractivity contribution is -0.141. The van der Waals surface area contributed by atoms with Gasteiger partial charge in [0, 0.05) is 38.4 Å². The predicted octanol–water partition coefficient (Wildman–Crippen LogP) is 3.42. The number of hydrogen-bond donors (Lipinski definition) is 1. The molecule has 3 aromatic rings. The zero-order chi connectivity index (χ0) is 23.9. The Morgan fingerprint density at radius 3 is 2.29 bits per heavy atom. The van der Waals surface area contributed by atoms with Crippen LogP contribution in [0.5, 0.6) is 0 Å². The van der Waals surface area contributed by atoms with Crippen molar-refractivity contribution in [1.82, 2.24) is 9.80 Å². The first-order chi connectivity index (χ1) is 16.5. The van der Waals surface area contributed by atoms with E-state index in [1.165, 1.54) is 11.8 Å². The summed E-state index contributed by atoms with van der Waals surface area (Å²) in [6, 6.07) is 19.7. The van der Waals surface area contributed by atoms with E-state index in [0.717, 1.165) is 19.6 Å². The molecule has 0 bridgehead atoms. The molecule has 0 saturated carbocycles. The van der Waals surface area contributed by atoms with Crippen LogP contribution < -0.4 is 5.32 Å². The molecule has 1 fully saturated rings. The number of ether oxygens (including phenoxy) is 1. The fourth-order valence-electron chi connectivity index (χ4n) is 3.79. The van der Waals surface area contributed by atoms with Crippen LogP contribution in [0, 0.1) is 0 Å². The molecule has 176 valence electrons. The molecule has 8 heteroatoms. The van der Waals surface area contributed by atoms with Crippen molar-refractivity contribution in [2.24, 2.45) is 0 Å². The molecular formula is C26H27N3O5. The maximum Gasteiger partial charge on any atom is 0.338 e. The van der Waals surface area contributed by atoms with Crippen molar-refractivity contribution in [3.63, 3.8) is 0 Å². The van der Waals surface area contributed by atoms with E-state index in [0.29, 0.717) is 24.3 Å². The summed E-state index contributed by atoms with van der Waals surface area (Å²) in [6.07, 6.45) is 0.535. The molecule has 0 spiro atoms. The van der Waals surface area contributed by atoms with Gasteiger partial charge in [-0.3, -0.25) is 14.5 Å².